The third-order valence-corrected chi connectivity index (χ3v) is 6.38. The van der Waals surface area contributed by atoms with Crippen molar-refractivity contribution in [2.75, 3.05) is 25.0 Å². The van der Waals surface area contributed by atoms with E-state index in [0.717, 1.165) is 6.07 Å². The number of halogens is 2. The van der Waals surface area contributed by atoms with Crippen molar-refractivity contribution in [2.45, 2.75) is 24.0 Å². The van der Waals surface area contributed by atoms with Crippen LogP contribution in [-0.2, 0) is 14.8 Å². The fraction of sp³-hybridized carbons (Fsp3) is 0.438. The van der Waals surface area contributed by atoms with Gasteiger partial charge >= 0.3 is 6.03 Å². The van der Waals surface area contributed by atoms with E-state index in [1.807, 2.05) is 0 Å². The van der Waals surface area contributed by atoms with Crippen LogP contribution in [0.4, 0.5) is 19.3 Å². The zero-order valence-corrected chi connectivity index (χ0v) is 16.0. The van der Waals surface area contributed by atoms with E-state index in [1.54, 1.807) is 6.92 Å². The maximum atomic E-state index is 14.1. The summed E-state index contributed by atoms with van der Waals surface area (Å²) in [6.07, 6.45) is -0.373. The lowest BCUT2D eigenvalue weighted by Gasteiger charge is -2.33. The highest BCUT2D eigenvalue weighted by molar-refractivity contribution is 7.90. The van der Waals surface area contributed by atoms with Crippen LogP contribution in [0.15, 0.2) is 17.0 Å². The average Bonchev–Trinajstić information content (AvgIpc) is 2.67. The zero-order valence-electron chi connectivity index (χ0n) is 15.2. The molecule has 1 fully saturated rings. The van der Waals surface area contributed by atoms with Gasteiger partial charge < -0.3 is 10.6 Å². The maximum absolute atomic E-state index is 14.1. The third-order valence-electron chi connectivity index (χ3n) is 4.59. The predicted octanol–water partition coefficient (Wildman–Crippen LogP) is -0.336. The molecule has 0 unspecified atom stereocenters. The van der Waals surface area contributed by atoms with Gasteiger partial charge in [0.25, 0.3) is 10.0 Å². The Labute approximate surface area is 165 Å². The number of nitrogens with zero attached hydrogens (tertiary/aromatic N) is 2. The van der Waals surface area contributed by atoms with Gasteiger partial charge in [-0.05, 0) is 19.1 Å². The zero-order chi connectivity index (χ0) is 21.3. The third kappa shape index (κ3) is 4.00. The molecule has 0 spiro atoms. The Bertz CT molecular complexity index is 988. The molecule has 0 saturated carbocycles. The molecule has 2 heterocycles. The first-order valence-electron chi connectivity index (χ1n) is 8.62. The number of carbonyl (C=O) groups excluding carboxylic acids is 2. The van der Waals surface area contributed by atoms with Crippen molar-refractivity contribution >= 4 is 27.6 Å². The fourth-order valence-electron chi connectivity index (χ4n) is 3.08. The van der Waals surface area contributed by atoms with E-state index in [0.29, 0.717) is 19.2 Å². The lowest BCUT2D eigenvalue weighted by Crippen LogP contribution is -2.62. The van der Waals surface area contributed by atoms with Crippen LogP contribution in [0.25, 0.3) is 0 Å². The first kappa shape index (κ1) is 20.9. The smallest absolute Gasteiger partial charge is 0.336 e. The first-order chi connectivity index (χ1) is 13.6. The van der Waals surface area contributed by atoms with E-state index >= 15 is 0 Å². The summed E-state index contributed by atoms with van der Waals surface area (Å²) in [7, 11) is -4.77. The number of benzene rings is 1. The van der Waals surface area contributed by atoms with Crippen LogP contribution >= 0.6 is 0 Å². The molecule has 1 aromatic carbocycles. The second-order valence-electron chi connectivity index (χ2n) is 6.66. The van der Waals surface area contributed by atoms with Crippen LogP contribution in [0.3, 0.4) is 0 Å². The minimum atomic E-state index is -4.77. The summed E-state index contributed by atoms with van der Waals surface area (Å²) in [4.78, 5) is 23.4. The number of nitrogens with one attached hydrogen (secondary N) is 4. The SMILES string of the molecule is C[C@H](NC(=O)CN1C(=O)Nc2ccc(F)c(F)c2S1(=O)=O)C1NCC(C#N)CN1. The van der Waals surface area contributed by atoms with Crippen LogP contribution in [0.2, 0.25) is 0 Å². The highest BCUT2D eigenvalue weighted by Crippen LogP contribution is 2.33. The summed E-state index contributed by atoms with van der Waals surface area (Å²) in [5, 5.41) is 19.6. The van der Waals surface area contributed by atoms with Crippen molar-refractivity contribution in [3.63, 3.8) is 0 Å². The Morgan fingerprint density at radius 1 is 1.38 bits per heavy atom. The first-order valence-corrected chi connectivity index (χ1v) is 10.1. The normalized spacial score (nSPS) is 24.1. The summed E-state index contributed by atoms with van der Waals surface area (Å²) in [5.74, 6) is -4.07. The Morgan fingerprint density at radius 3 is 2.66 bits per heavy atom. The van der Waals surface area contributed by atoms with E-state index in [-0.39, 0.29) is 16.4 Å². The molecule has 4 N–H and O–H groups in total. The van der Waals surface area contributed by atoms with E-state index in [1.165, 1.54) is 0 Å². The molecular formula is C16H18F2N6O4S. The lowest BCUT2D eigenvalue weighted by atomic mass is 10.1. The Kier molecular flexibility index (Phi) is 5.69. The van der Waals surface area contributed by atoms with E-state index in [4.69, 9.17) is 5.26 Å². The summed E-state index contributed by atoms with van der Waals surface area (Å²) < 4.78 is 52.9. The quantitative estimate of drug-likeness (QED) is 0.514. The van der Waals surface area contributed by atoms with Crippen molar-refractivity contribution in [1.82, 2.24) is 20.3 Å². The van der Waals surface area contributed by atoms with Gasteiger partial charge in [0.1, 0.15) is 11.4 Å². The van der Waals surface area contributed by atoms with Gasteiger partial charge in [-0.15, -0.1) is 0 Å². The van der Waals surface area contributed by atoms with Gasteiger partial charge in [0.2, 0.25) is 5.91 Å². The molecule has 1 atom stereocenters. The minimum Gasteiger partial charge on any atom is -0.349 e. The minimum absolute atomic E-state index is 0.146. The second-order valence-corrected chi connectivity index (χ2v) is 8.46. The Morgan fingerprint density at radius 2 is 2.03 bits per heavy atom. The van der Waals surface area contributed by atoms with Crippen molar-refractivity contribution in [2.24, 2.45) is 5.92 Å². The van der Waals surface area contributed by atoms with Crippen LogP contribution < -0.4 is 21.3 Å². The molecule has 2 aliphatic heterocycles. The average molecular weight is 428 g/mol. The number of nitriles is 1. The fourth-order valence-corrected chi connectivity index (χ4v) is 4.57. The molecule has 1 aromatic rings. The van der Waals surface area contributed by atoms with Crippen LogP contribution in [-0.4, -0.2) is 56.5 Å². The molecule has 0 radical (unpaired) electrons. The number of amides is 3. The Hall–Kier alpha value is -2.82. The van der Waals surface area contributed by atoms with Gasteiger partial charge in [0, 0.05) is 13.1 Å². The van der Waals surface area contributed by atoms with E-state index in [9.17, 15) is 26.8 Å². The van der Waals surface area contributed by atoms with E-state index < -0.39 is 56.8 Å². The monoisotopic (exact) mass is 428 g/mol. The van der Waals surface area contributed by atoms with Crippen LogP contribution in [0.1, 0.15) is 6.92 Å². The van der Waals surface area contributed by atoms with Crippen molar-refractivity contribution in [1.29, 1.82) is 5.26 Å². The van der Waals surface area contributed by atoms with Gasteiger partial charge in [-0.1, -0.05) is 0 Å². The van der Waals surface area contributed by atoms with Gasteiger partial charge in [-0.3, -0.25) is 15.4 Å². The predicted molar refractivity (Wildman–Crippen MR) is 95.8 cm³/mol. The Balaban J connectivity index is 1.71. The number of hydrogen-bond acceptors (Lipinski definition) is 7. The summed E-state index contributed by atoms with van der Waals surface area (Å²) >= 11 is 0. The molecule has 0 aliphatic carbocycles. The topological polar surface area (TPSA) is 143 Å². The molecule has 13 heteroatoms. The number of anilines is 1. The lowest BCUT2D eigenvalue weighted by molar-refractivity contribution is -0.121. The van der Waals surface area contributed by atoms with Gasteiger partial charge in [-0.2, -0.15) is 5.26 Å². The number of carbonyl (C=O) groups is 2. The number of sulfonamides is 1. The highest BCUT2D eigenvalue weighted by atomic mass is 32.2. The summed E-state index contributed by atoms with van der Waals surface area (Å²) in [5.41, 5.74) is -0.401. The molecule has 0 aromatic heterocycles. The van der Waals surface area contributed by atoms with Crippen molar-refractivity contribution < 1.29 is 26.8 Å². The summed E-state index contributed by atoms with van der Waals surface area (Å²) in [6.45, 7) is 1.56. The standard InChI is InChI=1S/C16H18F2N6O4S/c1-8(15-20-5-9(4-19)6-21-15)22-12(25)7-24-16(26)23-11-3-2-10(17)13(18)14(11)29(24,27)28/h2-3,8-9,15,20-21H,5-7H2,1H3,(H,22,25)(H,23,26)/t8-,9?,15?/m0/s1. The molecule has 3 amide bonds. The van der Waals surface area contributed by atoms with Crippen molar-refractivity contribution in [3.05, 3.63) is 23.8 Å². The molecule has 1 saturated heterocycles. The van der Waals surface area contributed by atoms with Gasteiger partial charge in [0.05, 0.1) is 29.9 Å². The second kappa shape index (κ2) is 7.90. The van der Waals surface area contributed by atoms with Crippen LogP contribution in [0.5, 0.6) is 0 Å². The molecular weight excluding hydrogens is 410 g/mol. The number of urea groups is 1. The van der Waals surface area contributed by atoms with Crippen molar-refractivity contribution in [3.8, 4) is 6.07 Å². The van der Waals surface area contributed by atoms with Gasteiger partial charge in [0.15, 0.2) is 11.6 Å². The molecule has 3 rings (SSSR count). The number of fused-ring (bicyclic) bond motifs is 1. The molecule has 156 valence electrons. The molecule has 0 bridgehead atoms. The molecule has 2 aliphatic rings. The summed E-state index contributed by atoms with van der Waals surface area (Å²) in [6, 6.07) is 2.05. The largest absolute Gasteiger partial charge is 0.349 e. The van der Waals surface area contributed by atoms with E-state index in [2.05, 4.69) is 27.3 Å². The molecule has 29 heavy (non-hydrogen) atoms. The number of hydrogen-bond donors (Lipinski definition) is 4. The molecule has 10 nitrogen and oxygen atoms in total. The van der Waals surface area contributed by atoms with Gasteiger partial charge in [-0.25, -0.2) is 26.3 Å². The van der Waals surface area contributed by atoms with Crippen LogP contribution in [0, 0.1) is 28.9 Å². The number of rotatable bonds is 4. The maximum Gasteiger partial charge on any atom is 0.336 e. The highest BCUT2D eigenvalue weighted by Gasteiger charge is 2.41.